The number of carbonyl (C=O) groups excluding carboxylic acids is 2. The highest BCUT2D eigenvalue weighted by molar-refractivity contribution is 8.14. The maximum absolute atomic E-state index is 12.0. The van der Waals surface area contributed by atoms with Crippen LogP contribution in [0, 0.1) is 0 Å². The molecule has 2 amide bonds. The van der Waals surface area contributed by atoms with Crippen LogP contribution in [0.5, 0.6) is 0 Å². The summed E-state index contributed by atoms with van der Waals surface area (Å²) in [5, 5.41) is -0.917. The number of rotatable bonds is 3. The monoisotopic (exact) mass is 330 g/mol. The van der Waals surface area contributed by atoms with E-state index in [1.165, 1.54) is 9.80 Å². The van der Waals surface area contributed by atoms with Crippen molar-refractivity contribution in [3.63, 3.8) is 0 Å². The van der Waals surface area contributed by atoms with E-state index in [1.54, 1.807) is 38.4 Å². The SMILES string of the molecule is CN(C)C(=O)c1cccc(N2CC(S(=O)(=O)Cl)CC2=O)c1. The maximum Gasteiger partial charge on any atom is 0.253 e. The molecule has 1 heterocycles. The molecule has 0 aromatic heterocycles. The van der Waals surface area contributed by atoms with Gasteiger partial charge in [0, 0.05) is 49.0 Å². The van der Waals surface area contributed by atoms with Crippen LogP contribution in [0.3, 0.4) is 0 Å². The van der Waals surface area contributed by atoms with Crippen molar-refractivity contribution in [2.24, 2.45) is 0 Å². The fourth-order valence-electron chi connectivity index (χ4n) is 2.18. The van der Waals surface area contributed by atoms with Crippen molar-refractivity contribution in [1.82, 2.24) is 4.90 Å². The molecule has 1 atom stereocenters. The Balaban J connectivity index is 2.29. The topological polar surface area (TPSA) is 74.8 Å². The maximum atomic E-state index is 12.0. The van der Waals surface area contributed by atoms with Crippen LogP contribution in [-0.4, -0.2) is 51.0 Å². The van der Waals surface area contributed by atoms with E-state index in [9.17, 15) is 18.0 Å². The lowest BCUT2D eigenvalue weighted by Crippen LogP contribution is -2.27. The highest BCUT2D eigenvalue weighted by Gasteiger charge is 2.38. The smallest absolute Gasteiger partial charge is 0.253 e. The van der Waals surface area contributed by atoms with Gasteiger partial charge in [0.2, 0.25) is 15.0 Å². The zero-order valence-electron chi connectivity index (χ0n) is 11.6. The molecule has 8 heteroatoms. The number of carbonyl (C=O) groups is 2. The number of hydrogen-bond donors (Lipinski definition) is 0. The quantitative estimate of drug-likeness (QED) is 0.777. The van der Waals surface area contributed by atoms with Gasteiger partial charge >= 0.3 is 0 Å². The Bertz CT molecular complexity index is 687. The molecule has 1 aliphatic heterocycles. The van der Waals surface area contributed by atoms with E-state index < -0.39 is 14.3 Å². The summed E-state index contributed by atoms with van der Waals surface area (Å²) in [4.78, 5) is 26.6. The van der Waals surface area contributed by atoms with Gasteiger partial charge in [-0.2, -0.15) is 0 Å². The molecule has 1 aliphatic rings. The first kappa shape index (κ1) is 15.8. The van der Waals surface area contributed by atoms with Crippen molar-refractivity contribution in [3.05, 3.63) is 29.8 Å². The van der Waals surface area contributed by atoms with Gasteiger partial charge < -0.3 is 9.80 Å². The Morgan fingerprint density at radius 3 is 2.57 bits per heavy atom. The van der Waals surface area contributed by atoms with Crippen LogP contribution in [0.4, 0.5) is 5.69 Å². The summed E-state index contributed by atoms with van der Waals surface area (Å²) in [6.45, 7) is 0.00424. The van der Waals surface area contributed by atoms with Crippen LogP contribution < -0.4 is 4.90 Å². The summed E-state index contributed by atoms with van der Waals surface area (Å²) in [5.74, 6) is -0.510. The number of amides is 2. The zero-order chi connectivity index (χ0) is 15.8. The van der Waals surface area contributed by atoms with Gasteiger partial charge in [0.05, 0.1) is 0 Å². The third kappa shape index (κ3) is 3.36. The molecular weight excluding hydrogens is 316 g/mol. The Morgan fingerprint density at radius 2 is 2.05 bits per heavy atom. The molecule has 0 N–H and O–H groups in total. The Morgan fingerprint density at radius 1 is 1.38 bits per heavy atom. The lowest BCUT2D eigenvalue weighted by molar-refractivity contribution is -0.117. The van der Waals surface area contributed by atoms with Crippen molar-refractivity contribution in [2.45, 2.75) is 11.7 Å². The predicted molar refractivity (Wildman–Crippen MR) is 80.0 cm³/mol. The summed E-state index contributed by atoms with van der Waals surface area (Å²) in [6.07, 6.45) is -0.141. The van der Waals surface area contributed by atoms with E-state index in [2.05, 4.69) is 0 Å². The molecule has 0 spiro atoms. The van der Waals surface area contributed by atoms with Gasteiger partial charge in [0.25, 0.3) is 5.91 Å². The number of benzene rings is 1. The van der Waals surface area contributed by atoms with E-state index in [4.69, 9.17) is 10.7 Å². The third-order valence-corrected chi connectivity index (χ3v) is 5.17. The Labute approximate surface area is 127 Å². The summed E-state index contributed by atoms with van der Waals surface area (Å²) in [7, 11) is 4.79. The van der Waals surface area contributed by atoms with Crippen molar-refractivity contribution < 1.29 is 18.0 Å². The summed E-state index contributed by atoms with van der Waals surface area (Å²) >= 11 is 0. The molecule has 114 valence electrons. The van der Waals surface area contributed by atoms with Crippen LogP contribution in [0.25, 0.3) is 0 Å². The molecule has 6 nitrogen and oxygen atoms in total. The first-order chi connectivity index (χ1) is 9.70. The van der Waals surface area contributed by atoms with Crippen LogP contribution >= 0.6 is 10.7 Å². The Kier molecular flexibility index (Phi) is 4.25. The lowest BCUT2D eigenvalue weighted by atomic mass is 10.1. The fraction of sp³-hybridized carbons (Fsp3) is 0.385. The van der Waals surface area contributed by atoms with Crippen molar-refractivity contribution in [3.8, 4) is 0 Å². The van der Waals surface area contributed by atoms with Crippen molar-refractivity contribution in [2.75, 3.05) is 25.5 Å². The van der Waals surface area contributed by atoms with Gasteiger partial charge in [0.1, 0.15) is 5.25 Å². The van der Waals surface area contributed by atoms with Gasteiger partial charge in [0.15, 0.2) is 0 Å². The minimum Gasteiger partial charge on any atom is -0.345 e. The highest BCUT2D eigenvalue weighted by Crippen LogP contribution is 2.27. The molecule has 0 saturated carbocycles. The molecule has 1 aromatic rings. The minimum atomic E-state index is -3.78. The van der Waals surface area contributed by atoms with E-state index >= 15 is 0 Å². The fourth-order valence-corrected chi connectivity index (χ4v) is 3.20. The van der Waals surface area contributed by atoms with Gasteiger partial charge in [-0.25, -0.2) is 8.42 Å². The van der Waals surface area contributed by atoms with E-state index in [-0.39, 0.29) is 24.8 Å². The largest absolute Gasteiger partial charge is 0.345 e. The zero-order valence-corrected chi connectivity index (χ0v) is 13.2. The molecule has 21 heavy (non-hydrogen) atoms. The van der Waals surface area contributed by atoms with Crippen LogP contribution in [-0.2, 0) is 13.8 Å². The standard InChI is InChI=1S/C13H15ClN2O4S/c1-15(2)13(18)9-4-3-5-10(6-9)16-8-11(7-12(16)17)21(14,19)20/h3-6,11H,7-8H2,1-2H3. The number of hydrogen-bond acceptors (Lipinski definition) is 4. The van der Waals surface area contributed by atoms with Crippen molar-refractivity contribution >= 4 is 37.2 Å². The molecule has 1 saturated heterocycles. The number of nitrogens with zero attached hydrogens (tertiary/aromatic N) is 2. The summed E-state index contributed by atoms with van der Waals surface area (Å²) in [5.41, 5.74) is 0.929. The lowest BCUT2D eigenvalue weighted by Gasteiger charge is -2.18. The van der Waals surface area contributed by atoms with Gasteiger partial charge in [-0.3, -0.25) is 9.59 Å². The van der Waals surface area contributed by atoms with Crippen molar-refractivity contribution in [1.29, 1.82) is 0 Å². The molecule has 0 bridgehead atoms. The number of halogens is 1. The van der Waals surface area contributed by atoms with Gasteiger partial charge in [-0.1, -0.05) is 6.07 Å². The van der Waals surface area contributed by atoms with E-state index in [0.29, 0.717) is 11.3 Å². The van der Waals surface area contributed by atoms with Gasteiger partial charge in [-0.15, -0.1) is 0 Å². The molecule has 0 radical (unpaired) electrons. The molecule has 2 rings (SSSR count). The highest BCUT2D eigenvalue weighted by atomic mass is 35.7. The second-order valence-corrected chi connectivity index (χ2v) is 7.96. The number of anilines is 1. The molecule has 0 aliphatic carbocycles. The summed E-state index contributed by atoms with van der Waals surface area (Å²) < 4.78 is 22.7. The third-order valence-electron chi connectivity index (χ3n) is 3.30. The predicted octanol–water partition coefficient (Wildman–Crippen LogP) is 1.06. The van der Waals surface area contributed by atoms with Crippen LogP contribution in [0.1, 0.15) is 16.8 Å². The summed E-state index contributed by atoms with van der Waals surface area (Å²) in [6, 6.07) is 6.53. The molecule has 1 aromatic carbocycles. The first-order valence-corrected chi connectivity index (χ1v) is 8.63. The second-order valence-electron chi connectivity index (χ2n) is 5.06. The average molecular weight is 331 g/mol. The first-order valence-electron chi connectivity index (χ1n) is 6.25. The molecule has 1 fully saturated rings. The Hall–Kier alpha value is -1.60. The molecule has 1 unspecified atom stereocenters. The van der Waals surface area contributed by atoms with Crippen LogP contribution in [0.15, 0.2) is 24.3 Å². The van der Waals surface area contributed by atoms with E-state index in [1.807, 2.05) is 0 Å². The normalized spacial score (nSPS) is 18.9. The minimum absolute atomic E-state index is 0.00424. The molecular formula is C13H15ClN2O4S. The second kappa shape index (κ2) is 5.65. The van der Waals surface area contributed by atoms with E-state index in [0.717, 1.165) is 0 Å². The average Bonchev–Trinajstić information content (AvgIpc) is 2.80. The van der Waals surface area contributed by atoms with Gasteiger partial charge in [-0.05, 0) is 18.2 Å². The van der Waals surface area contributed by atoms with Crippen LogP contribution in [0.2, 0.25) is 0 Å².